The second-order valence-electron chi connectivity index (χ2n) is 4.15. The molecule has 1 aromatic heterocycles. The van der Waals surface area contributed by atoms with E-state index in [2.05, 4.69) is 20.2 Å². The van der Waals surface area contributed by atoms with Gasteiger partial charge in [-0.25, -0.2) is 9.97 Å². The molecule has 0 unspecified atom stereocenters. The van der Waals surface area contributed by atoms with Crippen molar-refractivity contribution in [3.63, 3.8) is 0 Å². The van der Waals surface area contributed by atoms with Crippen LogP contribution in [0.3, 0.4) is 0 Å². The molecule has 1 aliphatic rings. The predicted molar refractivity (Wildman–Crippen MR) is 71.3 cm³/mol. The molecule has 1 aromatic rings. The van der Waals surface area contributed by atoms with E-state index in [1.54, 1.807) is 0 Å². The molecule has 0 aliphatic carbocycles. The normalized spacial score (nSPS) is 16.3. The quantitative estimate of drug-likeness (QED) is 0.738. The molecule has 1 saturated heterocycles. The molecular weight excluding hydrogens is 270 g/mol. The smallest absolute Gasteiger partial charge is 0.269 e. The van der Waals surface area contributed by atoms with Gasteiger partial charge in [0.15, 0.2) is 5.69 Å². The van der Waals surface area contributed by atoms with Crippen molar-refractivity contribution < 1.29 is 9.53 Å². The molecule has 0 bridgehead atoms. The van der Waals surface area contributed by atoms with Crippen LogP contribution in [0.15, 0.2) is 6.20 Å². The summed E-state index contributed by atoms with van der Waals surface area (Å²) in [5, 5.41) is 3.11. The number of ether oxygens (including phenoxy) is 1. The molecule has 8 heteroatoms. The number of amides is 1. The highest BCUT2D eigenvalue weighted by atomic mass is 35.5. The summed E-state index contributed by atoms with van der Waals surface area (Å²) in [6.45, 7) is 4.88. The van der Waals surface area contributed by atoms with Crippen molar-refractivity contribution in [3.05, 3.63) is 17.2 Å². The van der Waals surface area contributed by atoms with Crippen LogP contribution in [0.2, 0.25) is 5.28 Å². The van der Waals surface area contributed by atoms with E-state index >= 15 is 0 Å². The number of primary amides is 1. The molecule has 2 rings (SSSR count). The summed E-state index contributed by atoms with van der Waals surface area (Å²) in [7, 11) is 0. The molecule has 7 nitrogen and oxygen atoms in total. The highest BCUT2D eigenvalue weighted by Crippen LogP contribution is 2.13. The monoisotopic (exact) mass is 285 g/mol. The molecular formula is C11H16ClN5O2. The maximum atomic E-state index is 11.2. The highest BCUT2D eigenvalue weighted by Gasteiger charge is 2.13. The lowest BCUT2D eigenvalue weighted by molar-refractivity contribution is 0.0398. The van der Waals surface area contributed by atoms with Crippen molar-refractivity contribution in [1.29, 1.82) is 0 Å². The fourth-order valence-electron chi connectivity index (χ4n) is 1.85. The van der Waals surface area contributed by atoms with Crippen LogP contribution >= 0.6 is 11.6 Å². The SMILES string of the molecule is NC(=O)c1nc(Cl)ncc1NCCN1CCOCC1. The van der Waals surface area contributed by atoms with Crippen LogP contribution in [0.5, 0.6) is 0 Å². The lowest BCUT2D eigenvalue weighted by Gasteiger charge is -2.26. The average Bonchev–Trinajstić information content (AvgIpc) is 2.41. The third-order valence-corrected chi connectivity index (χ3v) is 3.02. The van der Waals surface area contributed by atoms with E-state index in [-0.39, 0.29) is 11.0 Å². The van der Waals surface area contributed by atoms with Crippen LogP contribution in [0, 0.1) is 0 Å². The Labute approximate surface area is 116 Å². The number of morpholine rings is 1. The minimum Gasteiger partial charge on any atom is -0.381 e. The summed E-state index contributed by atoms with van der Waals surface area (Å²) in [4.78, 5) is 21.2. The Hall–Kier alpha value is -1.44. The third kappa shape index (κ3) is 4.02. The Balaban J connectivity index is 1.89. The summed E-state index contributed by atoms with van der Waals surface area (Å²) in [5.74, 6) is -0.627. The molecule has 104 valence electrons. The van der Waals surface area contributed by atoms with Crippen LogP contribution in [-0.2, 0) is 4.74 Å². The topological polar surface area (TPSA) is 93.4 Å². The molecule has 0 radical (unpaired) electrons. The Bertz CT molecular complexity index is 451. The largest absolute Gasteiger partial charge is 0.381 e. The highest BCUT2D eigenvalue weighted by molar-refractivity contribution is 6.28. The first-order chi connectivity index (χ1) is 9.16. The Morgan fingerprint density at radius 1 is 1.53 bits per heavy atom. The van der Waals surface area contributed by atoms with E-state index in [0.29, 0.717) is 12.2 Å². The van der Waals surface area contributed by atoms with Gasteiger partial charge >= 0.3 is 0 Å². The van der Waals surface area contributed by atoms with E-state index < -0.39 is 5.91 Å². The lowest BCUT2D eigenvalue weighted by atomic mass is 10.3. The van der Waals surface area contributed by atoms with Crippen LogP contribution in [-0.4, -0.2) is 60.2 Å². The standard InChI is InChI=1S/C11H16ClN5O2/c12-11-15-7-8(9(16-11)10(13)18)14-1-2-17-3-5-19-6-4-17/h7,14H,1-6H2,(H2,13,18). The maximum Gasteiger partial charge on any atom is 0.269 e. The van der Waals surface area contributed by atoms with Gasteiger partial charge in [0.25, 0.3) is 5.91 Å². The summed E-state index contributed by atoms with van der Waals surface area (Å²) in [6.07, 6.45) is 1.47. The number of hydrogen-bond donors (Lipinski definition) is 2. The second kappa shape index (κ2) is 6.65. The third-order valence-electron chi connectivity index (χ3n) is 2.84. The number of nitrogens with one attached hydrogen (secondary N) is 1. The summed E-state index contributed by atoms with van der Waals surface area (Å²) < 4.78 is 5.27. The van der Waals surface area contributed by atoms with Crippen molar-refractivity contribution >= 4 is 23.2 Å². The number of carbonyl (C=O) groups excluding carboxylic acids is 1. The first-order valence-corrected chi connectivity index (χ1v) is 6.41. The van der Waals surface area contributed by atoms with Crippen molar-refractivity contribution in [1.82, 2.24) is 14.9 Å². The number of hydrogen-bond acceptors (Lipinski definition) is 6. The molecule has 1 fully saturated rings. The van der Waals surface area contributed by atoms with Crippen molar-refractivity contribution in [2.45, 2.75) is 0 Å². The number of halogens is 1. The summed E-state index contributed by atoms with van der Waals surface area (Å²) in [5.41, 5.74) is 5.86. The van der Waals surface area contributed by atoms with Crippen LogP contribution < -0.4 is 11.1 Å². The second-order valence-corrected chi connectivity index (χ2v) is 4.48. The van der Waals surface area contributed by atoms with Crippen LogP contribution in [0.4, 0.5) is 5.69 Å². The van der Waals surface area contributed by atoms with Gasteiger partial charge in [0.05, 0.1) is 25.1 Å². The molecule has 3 N–H and O–H groups in total. The van der Waals surface area contributed by atoms with E-state index in [1.807, 2.05) is 0 Å². The summed E-state index contributed by atoms with van der Waals surface area (Å²) >= 11 is 5.64. The minimum absolute atomic E-state index is 0.00697. The Morgan fingerprint density at radius 2 is 2.26 bits per heavy atom. The molecule has 1 amide bonds. The number of nitrogens with two attached hydrogens (primary N) is 1. The van der Waals surface area contributed by atoms with Crippen molar-refractivity contribution in [2.75, 3.05) is 44.7 Å². The number of rotatable bonds is 5. The fraction of sp³-hybridized carbons (Fsp3) is 0.545. The molecule has 0 saturated carbocycles. The zero-order valence-electron chi connectivity index (χ0n) is 10.4. The van der Waals surface area contributed by atoms with E-state index in [0.717, 1.165) is 32.8 Å². The van der Waals surface area contributed by atoms with Crippen LogP contribution in [0.1, 0.15) is 10.5 Å². The Morgan fingerprint density at radius 3 is 2.95 bits per heavy atom. The first kappa shape index (κ1) is 14.0. The predicted octanol–water partition coefficient (Wildman–Crippen LogP) is -0.0270. The molecule has 0 atom stereocenters. The Kier molecular flexibility index (Phi) is 4.89. The number of carbonyl (C=O) groups is 1. The zero-order chi connectivity index (χ0) is 13.7. The van der Waals surface area contributed by atoms with Gasteiger partial charge in [0.1, 0.15) is 0 Å². The molecule has 0 aromatic carbocycles. The fourth-order valence-corrected chi connectivity index (χ4v) is 1.98. The molecule has 19 heavy (non-hydrogen) atoms. The molecule has 0 spiro atoms. The van der Waals surface area contributed by atoms with Crippen molar-refractivity contribution in [3.8, 4) is 0 Å². The van der Waals surface area contributed by atoms with E-state index in [9.17, 15) is 4.79 Å². The first-order valence-electron chi connectivity index (χ1n) is 6.03. The van der Waals surface area contributed by atoms with E-state index in [4.69, 9.17) is 22.1 Å². The molecule has 1 aliphatic heterocycles. The van der Waals surface area contributed by atoms with Crippen LogP contribution in [0.25, 0.3) is 0 Å². The van der Waals surface area contributed by atoms with Gasteiger partial charge in [-0.2, -0.15) is 0 Å². The van der Waals surface area contributed by atoms with Gasteiger partial charge in [-0.15, -0.1) is 0 Å². The van der Waals surface area contributed by atoms with Gasteiger partial charge in [-0.1, -0.05) is 0 Å². The minimum atomic E-state index is -0.627. The number of nitrogens with zero attached hydrogens (tertiary/aromatic N) is 3. The van der Waals surface area contributed by atoms with Gasteiger partial charge in [-0.05, 0) is 11.6 Å². The van der Waals surface area contributed by atoms with Gasteiger partial charge in [-0.3, -0.25) is 9.69 Å². The van der Waals surface area contributed by atoms with Gasteiger partial charge in [0.2, 0.25) is 5.28 Å². The van der Waals surface area contributed by atoms with E-state index in [1.165, 1.54) is 6.20 Å². The average molecular weight is 286 g/mol. The number of aromatic nitrogens is 2. The number of anilines is 1. The maximum absolute atomic E-state index is 11.2. The van der Waals surface area contributed by atoms with Gasteiger partial charge in [0, 0.05) is 26.2 Å². The summed E-state index contributed by atoms with van der Waals surface area (Å²) in [6, 6.07) is 0. The lowest BCUT2D eigenvalue weighted by Crippen LogP contribution is -2.39. The molecule has 2 heterocycles. The zero-order valence-corrected chi connectivity index (χ0v) is 11.2. The van der Waals surface area contributed by atoms with Gasteiger partial charge < -0.3 is 15.8 Å². The van der Waals surface area contributed by atoms with Crippen molar-refractivity contribution in [2.24, 2.45) is 5.73 Å².